The van der Waals surface area contributed by atoms with E-state index in [1.54, 1.807) is 11.1 Å². The SMILES string of the molecule is Cn1c([C@@H]2CCN(C(=O)Nc3ccc(F)c(Cl)c3)C2)nc2cccnc21. The second-order valence-electron chi connectivity index (χ2n) is 6.37. The van der Waals surface area contributed by atoms with Crippen LogP contribution in [-0.2, 0) is 7.05 Å². The van der Waals surface area contributed by atoms with Crippen LogP contribution in [0.15, 0.2) is 36.5 Å². The predicted molar refractivity (Wildman–Crippen MR) is 97.9 cm³/mol. The minimum Gasteiger partial charge on any atom is -0.324 e. The van der Waals surface area contributed by atoms with Gasteiger partial charge in [-0.25, -0.2) is 19.2 Å². The number of benzene rings is 1. The molecule has 1 aromatic carbocycles. The zero-order valence-electron chi connectivity index (χ0n) is 14.1. The highest BCUT2D eigenvalue weighted by molar-refractivity contribution is 6.31. The topological polar surface area (TPSA) is 63.1 Å². The van der Waals surface area contributed by atoms with Gasteiger partial charge in [0.1, 0.15) is 17.2 Å². The first-order chi connectivity index (χ1) is 12.5. The Hall–Kier alpha value is -2.67. The second-order valence-corrected chi connectivity index (χ2v) is 6.77. The summed E-state index contributed by atoms with van der Waals surface area (Å²) >= 11 is 5.76. The van der Waals surface area contributed by atoms with Gasteiger partial charge in [0, 0.05) is 37.9 Å². The van der Waals surface area contributed by atoms with Crippen LogP contribution in [0.3, 0.4) is 0 Å². The Morgan fingerprint density at radius 2 is 2.23 bits per heavy atom. The van der Waals surface area contributed by atoms with Crippen LogP contribution in [0, 0.1) is 5.82 Å². The summed E-state index contributed by atoms with van der Waals surface area (Å²) in [6, 6.07) is 7.69. The minimum atomic E-state index is -0.513. The van der Waals surface area contributed by atoms with Gasteiger partial charge in [-0.1, -0.05) is 11.6 Å². The molecule has 3 aromatic rings. The van der Waals surface area contributed by atoms with Crippen LogP contribution < -0.4 is 5.32 Å². The van der Waals surface area contributed by atoms with Gasteiger partial charge in [-0.2, -0.15) is 0 Å². The number of fused-ring (bicyclic) bond motifs is 1. The number of hydrogen-bond acceptors (Lipinski definition) is 3. The van der Waals surface area contributed by atoms with E-state index in [0.717, 1.165) is 23.4 Å². The maximum Gasteiger partial charge on any atom is 0.321 e. The van der Waals surface area contributed by atoms with Gasteiger partial charge in [-0.3, -0.25) is 0 Å². The average molecular weight is 374 g/mol. The van der Waals surface area contributed by atoms with E-state index in [-0.39, 0.29) is 17.0 Å². The zero-order chi connectivity index (χ0) is 18.3. The van der Waals surface area contributed by atoms with Crippen molar-refractivity contribution in [3.05, 3.63) is 53.2 Å². The second kappa shape index (κ2) is 6.57. The molecule has 1 atom stereocenters. The van der Waals surface area contributed by atoms with Crippen LogP contribution in [0.5, 0.6) is 0 Å². The summed E-state index contributed by atoms with van der Waals surface area (Å²) < 4.78 is 15.2. The van der Waals surface area contributed by atoms with E-state index in [1.165, 1.54) is 18.2 Å². The molecule has 2 aromatic heterocycles. The Bertz CT molecular complexity index is 989. The molecule has 2 amide bonds. The summed E-state index contributed by atoms with van der Waals surface area (Å²) in [4.78, 5) is 23.3. The highest BCUT2D eigenvalue weighted by Crippen LogP contribution is 2.29. The Morgan fingerprint density at radius 3 is 3.00 bits per heavy atom. The maximum absolute atomic E-state index is 13.2. The van der Waals surface area contributed by atoms with Gasteiger partial charge >= 0.3 is 6.03 Å². The number of anilines is 1. The molecular formula is C18H17ClFN5O. The van der Waals surface area contributed by atoms with Crippen molar-refractivity contribution < 1.29 is 9.18 Å². The Labute approximate surface area is 154 Å². The Kier molecular flexibility index (Phi) is 4.24. The third kappa shape index (κ3) is 2.99. The lowest BCUT2D eigenvalue weighted by Crippen LogP contribution is -2.33. The quantitative estimate of drug-likeness (QED) is 0.743. The van der Waals surface area contributed by atoms with Crippen LogP contribution in [0.2, 0.25) is 5.02 Å². The van der Waals surface area contributed by atoms with Gasteiger partial charge in [-0.05, 0) is 36.8 Å². The van der Waals surface area contributed by atoms with Crippen LogP contribution in [-0.4, -0.2) is 38.6 Å². The number of pyridine rings is 1. The number of nitrogens with zero attached hydrogens (tertiary/aromatic N) is 4. The molecule has 134 valence electrons. The van der Waals surface area contributed by atoms with Crippen molar-refractivity contribution in [3.63, 3.8) is 0 Å². The van der Waals surface area contributed by atoms with Gasteiger partial charge in [0.2, 0.25) is 0 Å². The average Bonchev–Trinajstić information content (AvgIpc) is 3.24. The fourth-order valence-electron chi connectivity index (χ4n) is 3.34. The first kappa shape index (κ1) is 16.8. The van der Waals surface area contributed by atoms with Crippen molar-refractivity contribution in [1.82, 2.24) is 19.4 Å². The first-order valence-corrected chi connectivity index (χ1v) is 8.69. The van der Waals surface area contributed by atoms with E-state index < -0.39 is 5.82 Å². The molecule has 1 N–H and O–H groups in total. The fraction of sp³-hybridized carbons (Fsp3) is 0.278. The molecule has 0 spiro atoms. The number of aromatic nitrogens is 3. The molecule has 1 aliphatic rings. The molecule has 0 radical (unpaired) electrons. The van der Waals surface area contributed by atoms with Crippen molar-refractivity contribution in [2.24, 2.45) is 7.05 Å². The molecule has 0 bridgehead atoms. The van der Waals surface area contributed by atoms with Gasteiger partial charge in [-0.15, -0.1) is 0 Å². The summed E-state index contributed by atoms with van der Waals surface area (Å²) in [5, 5.41) is 2.74. The largest absolute Gasteiger partial charge is 0.324 e. The molecule has 0 unspecified atom stereocenters. The van der Waals surface area contributed by atoms with Crippen molar-refractivity contribution >= 4 is 34.5 Å². The monoisotopic (exact) mass is 373 g/mol. The Balaban J connectivity index is 1.48. The van der Waals surface area contributed by atoms with Crippen LogP contribution >= 0.6 is 11.6 Å². The van der Waals surface area contributed by atoms with Crippen LogP contribution in [0.25, 0.3) is 11.2 Å². The lowest BCUT2D eigenvalue weighted by molar-refractivity contribution is 0.222. The molecule has 8 heteroatoms. The summed E-state index contributed by atoms with van der Waals surface area (Å²) in [5.41, 5.74) is 2.16. The first-order valence-electron chi connectivity index (χ1n) is 8.31. The number of nitrogens with one attached hydrogen (secondary N) is 1. The van der Waals surface area contributed by atoms with Gasteiger partial charge in [0.25, 0.3) is 0 Å². The highest BCUT2D eigenvalue weighted by atomic mass is 35.5. The van der Waals surface area contributed by atoms with Crippen molar-refractivity contribution in [2.75, 3.05) is 18.4 Å². The van der Waals surface area contributed by atoms with E-state index in [2.05, 4.69) is 15.3 Å². The minimum absolute atomic E-state index is 0.0192. The summed E-state index contributed by atoms with van der Waals surface area (Å²) in [6.45, 7) is 1.19. The number of halogens is 2. The number of carbonyl (C=O) groups is 1. The highest BCUT2D eigenvalue weighted by Gasteiger charge is 2.30. The standard InChI is InChI=1S/C18H17ClFN5O/c1-24-16(23-15-3-2-7-21-17(15)24)11-6-8-25(10-11)18(26)22-12-4-5-14(20)13(19)9-12/h2-5,7,9,11H,6,8,10H2,1H3,(H,22,26)/t11-/m1/s1. The van der Waals surface area contributed by atoms with E-state index >= 15 is 0 Å². The molecular weight excluding hydrogens is 357 g/mol. The number of imidazole rings is 1. The molecule has 1 fully saturated rings. The van der Waals surface area contributed by atoms with Crippen molar-refractivity contribution in [3.8, 4) is 0 Å². The van der Waals surface area contributed by atoms with Crippen molar-refractivity contribution in [2.45, 2.75) is 12.3 Å². The molecule has 26 heavy (non-hydrogen) atoms. The fourth-order valence-corrected chi connectivity index (χ4v) is 3.52. The maximum atomic E-state index is 13.2. The summed E-state index contributed by atoms with van der Waals surface area (Å²) in [5.74, 6) is 0.567. The lowest BCUT2D eigenvalue weighted by Gasteiger charge is -2.17. The molecule has 6 nitrogen and oxygen atoms in total. The molecule has 0 aliphatic carbocycles. The molecule has 1 saturated heterocycles. The van der Waals surface area contributed by atoms with Gasteiger partial charge in [0.15, 0.2) is 5.65 Å². The van der Waals surface area contributed by atoms with E-state index in [0.29, 0.717) is 18.8 Å². The molecule has 1 aliphatic heterocycles. The number of aryl methyl sites for hydroxylation is 1. The summed E-state index contributed by atoms with van der Waals surface area (Å²) in [7, 11) is 1.95. The number of likely N-dealkylation sites (tertiary alicyclic amines) is 1. The predicted octanol–water partition coefficient (Wildman–Crippen LogP) is 3.78. The molecule has 4 rings (SSSR count). The number of rotatable bonds is 2. The van der Waals surface area contributed by atoms with Crippen LogP contribution in [0.4, 0.5) is 14.9 Å². The third-order valence-electron chi connectivity index (χ3n) is 4.67. The Morgan fingerprint density at radius 1 is 1.38 bits per heavy atom. The number of urea groups is 1. The number of amides is 2. The number of hydrogen-bond donors (Lipinski definition) is 1. The number of carbonyl (C=O) groups excluding carboxylic acids is 1. The third-order valence-corrected chi connectivity index (χ3v) is 4.96. The summed E-state index contributed by atoms with van der Waals surface area (Å²) in [6.07, 6.45) is 2.57. The van der Waals surface area contributed by atoms with E-state index in [4.69, 9.17) is 11.6 Å². The van der Waals surface area contributed by atoms with Crippen LogP contribution in [0.1, 0.15) is 18.2 Å². The van der Waals surface area contributed by atoms with Crippen molar-refractivity contribution in [1.29, 1.82) is 0 Å². The molecule has 3 heterocycles. The lowest BCUT2D eigenvalue weighted by atomic mass is 10.1. The van der Waals surface area contributed by atoms with Gasteiger partial charge < -0.3 is 14.8 Å². The smallest absolute Gasteiger partial charge is 0.321 e. The molecule has 0 saturated carbocycles. The van der Waals surface area contributed by atoms with Gasteiger partial charge in [0.05, 0.1) is 5.02 Å². The van der Waals surface area contributed by atoms with E-state index in [9.17, 15) is 9.18 Å². The normalized spacial score (nSPS) is 17.0. The van der Waals surface area contributed by atoms with E-state index in [1.807, 2.05) is 23.7 Å². The zero-order valence-corrected chi connectivity index (χ0v) is 14.9.